The van der Waals surface area contributed by atoms with Gasteiger partial charge in [-0.2, -0.15) is 4.98 Å². The van der Waals surface area contributed by atoms with Crippen molar-refractivity contribution in [3.05, 3.63) is 78.1 Å². The van der Waals surface area contributed by atoms with Crippen LogP contribution in [0.25, 0.3) is 0 Å². The fourth-order valence-electron chi connectivity index (χ4n) is 4.98. The molecule has 0 bridgehead atoms. The third-order valence-electron chi connectivity index (χ3n) is 7.35. The standard InChI is InChI=1S/C32H41N7O3/c1-5-18-33-29(40)23-12-10-21(11-13-23)22-14-16-24(17-15-22)36-31-35-20-25(30(41)34-19-6-2)28(39-31)38-27-9-7-8-26(37-27)32(3,4)42/h6-9,14-17,20-21,23,42H,2,5,10-13,18-19H2,1,3-4H3,(H,33,40)(H,34,41)(H2,35,36,37,38,39). The van der Waals surface area contributed by atoms with E-state index in [4.69, 9.17) is 0 Å². The Morgan fingerprint density at radius 2 is 1.76 bits per heavy atom. The molecule has 222 valence electrons. The van der Waals surface area contributed by atoms with E-state index in [1.807, 2.05) is 12.1 Å². The lowest BCUT2D eigenvalue weighted by molar-refractivity contribution is -0.126. The number of hydrogen-bond acceptors (Lipinski definition) is 8. The number of nitrogens with zero attached hydrogens (tertiary/aromatic N) is 3. The average molecular weight is 572 g/mol. The van der Waals surface area contributed by atoms with E-state index in [-0.39, 0.29) is 29.1 Å². The van der Waals surface area contributed by atoms with Crippen LogP contribution in [0.2, 0.25) is 0 Å². The molecule has 4 rings (SSSR count). The van der Waals surface area contributed by atoms with Gasteiger partial charge in [0.25, 0.3) is 5.91 Å². The Labute approximate surface area is 247 Å². The SMILES string of the molecule is C=CCNC(=O)c1cnc(Nc2ccc(C3CCC(C(=O)NCCC)CC3)cc2)nc1Nc1cccc(C(C)(C)O)n1. The van der Waals surface area contributed by atoms with Gasteiger partial charge in [-0.3, -0.25) is 9.59 Å². The molecule has 0 spiro atoms. The van der Waals surface area contributed by atoms with E-state index in [0.717, 1.165) is 44.3 Å². The molecule has 0 radical (unpaired) electrons. The highest BCUT2D eigenvalue weighted by atomic mass is 16.3. The van der Waals surface area contributed by atoms with E-state index in [2.05, 4.69) is 61.9 Å². The smallest absolute Gasteiger partial charge is 0.256 e. The first-order valence-electron chi connectivity index (χ1n) is 14.6. The summed E-state index contributed by atoms with van der Waals surface area (Å²) in [6.07, 6.45) is 7.80. The number of nitrogens with one attached hydrogen (secondary N) is 4. The monoisotopic (exact) mass is 571 g/mol. The summed E-state index contributed by atoms with van der Waals surface area (Å²) in [5, 5.41) is 22.5. The number of rotatable bonds is 12. The predicted molar refractivity (Wildman–Crippen MR) is 165 cm³/mol. The van der Waals surface area contributed by atoms with Crippen molar-refractivity contribution in [2.24, 2.45) is 5.92 Å². The molecule has 3 aromatic rings. The molecule has 2 aromatic heterocycles. The highest BCUT2D eigenvalue weighted by Crippen LogP contribution is 2.36. The molecular formula is C32H41N7O3. The summed E-state index contributed by atoms with van der Waals surface area (Å²) >= 11 is 0. The summed E-state index contributed by atoms with van der Waals surface area (Å²) in [7, 11) is 0. The van der Waals surface area contributed by atoms with Gasteiger partial charge in [-0.1, -0.05) is 31.2 Å². The van der Waals surface area contributed by atoms with E-state index in [9.17, 15) is 14.7 Å². The number of benzene rings is 1. The topological polar surface area (TPSA) is 141 Å². The van der Waals surface area contributed by atoms with E-state index >= 15 is 0 Å². The van der Waals surface area contributed by atoms with E-state index < -0.39 is 5.60 Å². The first-order valence-corrected chi connectivity index (χ1v) is 14.6. The van der Waals surface area contributed by atoms with E-state index in [1.165, 1.54) is 11.8 Å². The van der Waals surface area contributed by atoms with Crippen molar-refractivity contribution in [3.8, 4) is 0 Å². The molecule has 1 aromatic carbocycles. The van der Waals surface area contributed by atoms with Gasteiger partial charge in [-0.25, -0.2) is 9.97 Å². The number of hydrogen-bond donors (Lipinski definition) is 5. The number of aromatic nitrogens is 3. The maximum Gasteiger partial charge on any atom is 0.256 e. The van der Waals surface area contributed by atoms with Gasteiger partial charge >= 0.3 is 0 Å². The van der Waals surface area contributed by atoms with E-state index in [1.54, 1.807) is 38.1 Å². The third kappa shape index (κ3) is 8.13. The summed E-state index contributed by atoms with van der Waals surface area (Å²) < 4.78 is 0. The Kier molecular flexibility index (Phi) is 10.2. The zero-order valence-electron chi connectivity index (χ0n) is 24.6. The molecule has 10 heteroatoms. The maximum atomic E-state index is 12.8. The number of carbonyl (C=O) groups excluding carboxylic acids is 2. The highest BCUT2D eigenvalue weighted by molar-refractivity contribution is 5.99. The second-order valence-electron chi connectivity index (χ2n) is 11.1. The minimum atomic E-state index is -1.13. The largest absolute Gasteiger partial charge is 0.384 e. The number of carbonyl (C=O) groups is 2. The van der Waals surface area contributed by atoms with Crippen molar-refractivity contribution in [1.82, 2.24) is 25.6 Å². The highest BCUT2D eigenvalue weighted by Gasteiger charge is 2.27. The first-order chi connectivity index (χ1) is 20.2. The Balaban J connectivity index is 1.47. The van der Waals surface area contributed by atoms with Gasteiger partial charge in [0, 0.05) is 30.9 Å². The number of pyridine rings is 1. The molecule has 10 nitrogen and oxygen atoms in total. The predicted octanol–water partition coefficient (Wildman–Crippen LogP) is 5.30. The zero-order valence-corrected chi connectivity index (χ0v) is 24.6. The molecule has 1 fully saturated rings. The van der Waals surface area contributed by atoms with Crippen LogP contribution in [0.15, 0.2) is 61.3 Å². The van der Waals surface area contributed by atoms with Gasteiger partial charge < -0.3 is 26.4 Å². The number of anilines is 4. The molecule has 42 heavy (non-hydrogen) atoms. The quantitative estimate of drug-likeness (QED) is 0.184. The summed E-state index contributed by atoms with van der Waals surface area (Å²) in [6, 6.07) is 13.4. The molecule has 2 amide bonds. The lowest BCUT2D eigenvalue weighted by Gasteiger charge is -2.28. The Bertz CT molecular complexity index is 1380. The van der Waals surface area contributed by atoms with Gasteiger partial charge in [0.15, 0.2) is 0 Å². The fraction of sp³-hybridized carbons (Fsp3) is 0.406. The van der Waals surface area contributed by atoms with Crippen LogP contribution in [0.3, 0.4) is 0 Å². The van der Waals surface area contributed by atoms with Crippen molar-refractivity contribution < 1.29 is 14.7 Å². The summed E-state index contributed by atoms with van der Waals surface area (Å²) in [5.74, 6) is 1.39. The van der Waals surface area contributed by atoms with Crippen LogP contribution in [0.1, 0.15) is 80.4 Å². The molecule has 1 aliphatic carbocycles. The summed E-state index contributed by atoms with van der Waals surface area (Å²) in [5.41, 5.74) is 1.65. The molecule has 0 unspecified atom stereocenters. The Morgan fingerprint density at radius 1 is 1.02 bits per heavy atom. The second-order valence-corrected chi connectivity index (χ2v) is 11.1. The Hall–Kier alpha value is -4.31. The number of aliphatic hydroxyl groups is 1. The van der Waals surface area contributed by atoms with Crippen LogP contribution in [-0.2, 0) is 10.4 Å². The van der Waals surface area contributed by atoms with Gasteiger partial charge in [0.2, 0.25) is 11.9 Å². The van der Waals surface area contributed by atoms with Crippen LogP contribution in [0.5, 0.6) is 0 Å². The van der Waals surface area contributed by atoms with Crippen molar-refractivity contribution in [3.63, 3.8) is 0 Å². The minimum absolute atomic E-state index is 0.114. The van der Waals surface area contributed by atoms with Crippen molar-refractivity contribution in [2.75, 3.05) is 23.7 Å². The molecule has 0 aliphatic heterocycles. The average Bonchev–Trinajstić information content (AvgIpc) is 2.99. The lowest BCUT2D eigenvalue weighted by Crippen LogP contribution is -2.33. The molecule has 1 aliphatic rings. The Morgan fingerprint density at radius 3 is 2.43 bits per heavy atom. The second kappa shape index (κ2) is 14.0. The molecule has 5 N–H and O–H groups in total. The van der Waals surface area contributed by atoms with Crippen LogP contribution < -0.4 is 21.3 Å². The van der Waals surface area contributed by atoms with Gasteiger partial charge in [0.05, 0.1) is 5.69 Å². The van der Waals surface area contributed by atoms with Crippen LogP contribution in [-0.4, -0.2) is 45.0 Å². The van der Waals surface area contributed by atoms with Crippen molar-refractivity contribution >= 4 is 35.1 Å². The molecule has 0 atom stereocenters. The van der Waals surface area contributed by atoms with Gasteiger partial charge in [-0.05, 0) is 81.7 Å². The summed E-state index contributed by atoms with van der Waals surface area (Å²) in [6.45, 7) is 10.1. The zero-order chi connectivity index (χ0) is 30.1. The van der Waals surface area contributed by atoms with Crippen molar-refractivity contribution in [1.29, 1.82) is 0 Å². The lowest BCUT2D eigenvalue weighted by atomic mass is 9.78. The van der Waals surface area contributed by atoms with Crippen LogP contribution in [0, 0.1) is 5.92 Å². The van der Waals surface area contributed by atoms with Gasteiger partial charge in [-0.15, -0.1) is 6.58 Å². The van der Waals surface area contributed by atoms with Crippen LogP contribution in [0.4, 0.5) is 23.3 Å². The minimum Gasteiger partial charge on any atom is -0.384 e. The third-order valence-corrected chi connectivity index (χ3v) is 7.35. The first kappa shape index (κ1) is 30.6. The molecular weight excluding hydrogens is 530 g/mol. The van der Waals surface area contributed by atoms with Crippen LogP contribution >= 0.6 is 0 Å². The normalized spacial score (nSPS) is 16.8. The number of amides is 2. The molecule has 2 heterocycles. The molecule has 1 saturated carbocycles. The van der Waals surface area contributed by atoms with Gasteiger partial charge in [0.1, 0.15) is 22.8 Å². The fourth-order valence-corrected chi connectivity index (χ4v) is 4.98. The van der Waals surface area contributed by atoms with E-state index in [0.29, 0.717) is 29.9 Å². The van der Waals surface area contributed by atoms with Crippen molar-refractivity contribution in [2.45, 2.75) is 64.4 Å². The molecule has 0 saturated heterocycles. The summed E-state index contributed by atoms with van der Waals surface area (Å²) in [4.78, 5) is 38.6. The maximum absolute atomic E-state index is 12.8.